The predicted molar refractivity (Wildman–Crippen MR) is 82.0 cm³/mol. The molecule has 0 radical (unpaired) electrons. The van der Waals surface area contributed by atoms with Gasteiger partial charge in [0.2, 0.25) is 0 Å². The molecule has 0 unspecified atom stereocenters. The van der Waals surface area contributed by atoms with E-state index in [0.29, 0.717) is 21.6 Å². The molecule has 0 aliphatic carbocycles. The van der Waals surface area contributed by atoms with Crippen LogP contribution in [0, 0.1) is 6.92 Å². The fraction of sp³-hybridized carbons (Fsp3) is 0.143. The molecule has 1 aromatic carbocycles. The molecule has 3 rings (SSSR count). The third-order valence-electron chi connectivity index (χ3n) is 3.14. The van der Waals surface area contributed by atoms with E-state index in [1.54, 1.807) is 16.8 Å². The lowest BCUT2D eigenvalue weighted by Crippen LogP contribution is -2.03. The monoisotopic (exact) mass is 325 g/mol. The average molecular weight is 327 g/mol. The van der Waals surface area contributed by atoms with Crippen molar-refractivity contribution in [3.8, 4) is 0 Å². The molecule has 3 aromatic rings. The molecular formula is C14H10Cl3N3. The van der Waals surface area contributed by atoms with Gasteiger partial charge in [0.05, 0.1) is 16.2 Å². The zero-order valence-corrected chi connectivity index (χ0v) is 12.8. The Kier molecular flexibility index (Phi) is 3.59. The van der Waals surface area contributed by atoms with E-state index in [9.17, 15) is 0 Å². The van der Waals surface area contributed by atoms with E-state index in [1.165, 1.54) is 0 Å². The fourth-order valence-corrected chi connectivity index (χ4v) is 2.76. The number of nitrogens with zero attached hydrogens (tertiary/aromatic N) is 3. The molecule has 2 heterocycles. The summed E-state index contributed by atoms with van der Waals surface area (Å²) in [6, 6.07) is 7.37. The molecule has 2 aromatic heterocycles. The summed E-state index contributed by atoms with van der Waals surface area (Å²) in [5.74, 6) is 0. The summed E-state index contributed by atoms with van der Waals surface area (Å²) < 4.78 is 1.63. The number of rotatable bonds is 2. The van der Waals surface area contributed by atoms with Crippen LogP contribution in [0.2, 0.25) is 15.2 Å². The van der Waals surface area contributed by atoms with Crippen molar-refractivity contribution in [2.24, 2.45) is 0 Å². The average Bonchev–Trinajstić information content (AvgIpc) is 2.87. The zero-order valence-electron chi connectivity index (χ0n) is 10.6. The molecule has 3 nitrogen and oxygen atoms in total. The van der Waals surface area contributed by atoms with Gasteiger partial charge in [0.25, 0.3) is 0 Å². The minimum absolute atomic E-state index is 0.533. The highest BCUT2D eigenvalue weighted by atomic mass is 35.5. The second-order valence-electron chi connectivity index (χ2n) is 4.49. The molecule has 0 saturated carbocycles. The van der Waals surface area contributed by atoms with Crippen LogP contribution in [-0.2, 0) is 6.42 Å². The maximum atomic E-state index is 6.41. The van der Waals surface area contributed by atoms with Gasteiger partial charge in [0, 0.05) is 23.7 Å². The molecule has 0 fully saturated rings. The number of fused-ring (bicyclic) bond motifs is 1. The van der Waals surface area contributed by atoms with E-state index in [0.717, 1.165) is 22.5 Å². The summed E-state index contributed by atoms with van der Waals surface area (Å²) >= 11 is 18.4. The SMILES string of the molecule is Cc1nc2ccnn2c(Cl)c1Cc1ccc(Cl)c(Cl)c1. The number of halogens is 3. The van der Waals surface area contributed by atoms with Crippen LogP contribution in [0.25, 0.3) is 5.65 Å². The Hall–Kier alpha value is -1.29. The first-order chi connectivity index (χ1) is 9.56. The van der Waals surface area contributed by atoms with Gasteiger partial charge in [-0.15, -0.1) is 0 Å². The molecule has 0 N–H and O–H groups in total. The van der Waals surface area contributed by atoms with Gasteiger partial charge < -0.3 is 0 Å². The van der Waals surface area contributed by atoms with Gasteiger partial charge in [-0.3, -0.25) is 0 Å². The molecule has 0 spiro atoms. The number of aryl methyl sites for hydroxylation is 1. The number of aromatic nitrogens is 3. The van der Waals surface area contributed by atoms with Crippen LogP contribution in [0.5, 0.6) is 0 Å². The molecule has 102 valence electrons. The van der Waals surface area contributed by atoms with Crippen molar-refractivity contribution in [1.82, 2.24) is 14.6 Å². The Morgan fingerprint density at radius 2 is 1.90 bits per heavy atom. The highest BCUT2D eigenvalue weighted by Gasteiger charge is 2.12. The van der Waals surface area contributed by atoms with Crippen LogP contribution in [-0.4, -0.2) is 14.6 Å². The summed E-state index contributed by atoms with van der Waals surface area (Å²) in [6.07, 6.45) is 2.31. The van der Waals surface area contributed by atoms with E-state index >= 15 is 0 Å². The first-order valence-electron chi connectivity index (χ1n) is 5.99. The van der Waals surface area contributed by atoms with E-state index in [2.05, 4.69) is 10.1 Å². The van der Waals surface area contributed by atoms with Crippen molar-refractivity contribution in [1.29, 1.82) is 0 Å². The minimum Gasteiger partial charge on any atom is -0.233 e. The van der Waals surface area contributed by atoms with E-state index < -0.39 is 0 Å². The second-order valence-corrected chi connectivity index (χ2v) is 5.67. The Morgan fingerprint density at radius 1 is 1.10 bits per heavy atom. The molecule has 0 bridgehead atoms. The number of benzene rings is 1. The third-order valence-corrected chi connectivity index (χ3v) is 4.27. The van der Waals surface area contributed by atoms with Crippen LogP contribution in [0.3, 0.4) is 0 Å². The van der Waals surface area contributed by atoms with E-state index in [-0.39, 0.29) is 0 Å². The standard InChI is InChI=1S/C14H10Cl3N3/c1-8-10(6-9-2-3-11(15)12(16)7-9)14(17)20-13(19-8)4-5-18-20/h2-5,7H,6H2,1H3. The van der Waals surface area contributed by atoms with Gasteiger partial charge >= 0.3 is 0 Å². The van der Waals surface area contributed by atoms with Crippen LogP contribution >= 0.6 is 34.8 Å². The van der Waals surface area contributed by atoms with Crippen molar-refractivity contribution >= 4 is 40.4 Å². The van der Waals surface area contributed by atoms with Crippen LogP contribution in [0.15, 0.2) is 30.5 Å². The minimum atomic E-state index is 0.533. The molecule has 0 aliphatic rings. The van der Waals surface area contributed by atoms with Crippen molar-refractivity contribution in [2.75, 3.05) is 0 Å². The Bertz CT molecular complexity index is 796. The van der Waals surface area contributed by atoms with Gasteiger partial charge in [-0.1, -0.05) is 40.9 Å². The lowest BCUT2D eigenvalue weighted by atomic mass is 10.1. The van der Waals surface area contributed by atoms with Crippen LogP contribution < -0.4 is 0 Å². The molecule has 0 amide bonds. The highest BCUT2D eigenvalue weighted by Crippen LogP contribution is 2.27. The lowest BCUT2D eigenvalue weighted by Gasteiger charge is -2.10. The number of hydrogen-bond donors (Lipinski definition) is 0. The maximum Gasteiger partial charge on any atom is 0.156 e. The first kappa shape index (κ1) is 13.7. The quantitative estimate of drug-likeness (QED) is 0.645. The molecule has 6 heteroatoms. The molecule has 0 atom stereocenters. The zero-order chi connectivity index (χ0) is 14.3. The van der Waals surface area contributed by atoms with Gasteiger partial charge in [0.1, 0.15) is 5.15 Å². The molecule has 20 heavy (non-hydrogen) atoms. The normalized spacial score (nSPS) is 11.2. The van der Waals surface area contributed by atoms with Crippen molar-refractivity contribution in [3.63, 3.8) is 0 Å². The summed E-state index contributed by atoms with van der Waals surface area (Å²) in [4.78, 5) is 4.49. The van der Waals surface area contributed by atoms with E-state index in [1.807, 2.05) is 25.1 Å². The third kappa shape index (κ3) is 2.37. The van der Waals surface area contributed by atoms with Crippen molar-refractivity contribution in [2.45, 2.75) is 13.3 Å². The molecular weight excluding hydrogens is 317 g/mol. The highest BCUT2D eigenvalue weighted by molar-refractivity contribution is 6.42. The Morgan fingerprint density at radius 3 is 2.65 bits per heavy atom. The van der Waals surface area contributed by atoms with Gasteiger partial charge in [-0.2, -0.15) is 5.10 Å². The molecule has 0 aliphatic heterocycles. The van der Waals surface area contributed by atoms with Crippen molar-refractivity contribution in [3.05, 3.63) is 62.5 Å². The first-order valence-corrected chi connectivity index (χ1v) is 7.12. The predicted octanol–water partition coefficient (Wildman–Crippen LogP) is 4.59. The van der Waals surface area contributed by atoms with Gasteiger partial charge in [-0.25, -0.2) is 9.50 Å². The second kappa shape index (κ2) is 5.24. The Labute approximate surface area is 131 Å². The van der Waals surface area contributed by atoms with E-state index in [4.69, 9.17) is 34.8 Å². The summed E-state index contributed by atoms with van der Waals surface area (Å²) in [6.45, 7) is 1.94. The largest absolute Gasteiger partial charge is 0.233 e. The lowest BCUT2D eigenvalue weighted by molar-refractivity contribution is 0.902. The van der Waals surface area contributed by atoms with Crippen LogP contribution in [0.1, 0.15) is 16.8 Å². The van der Waals surface area contributed by atoms with Gasteiger partial charge in [0.15, 0.2) is 5.65 Å². The van der Waals surface area contributed by atoms with Crippen molar-refractivity contribution < 1.29 is 0 Å². The van der Waals surface area contributed by atoms with Gasteiger partial charge in [-0.05, 0) is 24.6 Å². The topological polar surface area (TPSA) is 30.2 Å². The summed E-state index contributed by atoms with van der Waals surface area (Å²) in [5.41, 5.74) is 3.58. The molecule has 0 saturated heterocycles. The van der Waals surface area contributed by atoms with Crippen LogP contribution in [0.4, 0.5) is 0 Å². The maximum absolute atomic E-state index is 6.41. The number of hydrogen-bond acceptors (Lipinski definition) is 2. The summed E-state index contributed by atoms with van der Waals surface area (Å²) in [7, 11) is 0. The fourth-order valence-electron chi connectivity index (χ4n) is 2.10. The Balaban J connectivity index is 2.07. The summed E-state index contributed by atoms with van der Waals surface area (Å²) in [5, 5.41) is 5.82. The smallest absolute Gasteiger partial charge is 0.156 e.